The van der Waals surface area contributed by atoms with Crippen LogP contribution in [0.15, 0.2) is 46.8 Å². The first kappa shape index (κ1) is 14.9. The minimum atomic E-state index is -0.356. The third-order valence-electron chi connectivity index (χ3n) is 2.72. The molecule has 0 bridgehead atoms. The van der Waals surface area contributed by atoms with E-state index >= 15 is 0 Å². The molecule has 1 aliphatic heterocycles. The Hall–Kier alpha value is -2.03. The van der Waals surface area contributed by atoms with Gasteiger partial charge in [0.25, 0.3) is 11.8 Å². The van der Waals surface area contributed by atoms with Crippen molar-refractivity contribution in [2.45, 2.75) is 0 Å². The van der Waals surface area contributed by atoms with Crippen molar-refractivity contribution in [2.24, 2.45) is 0 Å². The van der Waals surface area contributed by atoms with E-state index in [9.17, 15) is 9.59 Å². The molecule has 0 aliphatic carbocycles. The van der Waals surface area contributed by atoms with Gasteiger partial charge in [0, 0.05) is 6.20 Å². The van der Waals surface area contributed by atoms with Crippen LogP contribution in [0.25, 0.3) is 6.08 Å². The first-order chi connectivity index (χ1) is 10.6. The third kappa shape index (κ3) is 3.08. The number of hydrogen-bond acceptors (Lipinski definition) is 6. The number of nitrogens with zero attached hydrogens (tertiary/aromatic N) is 2. The predicted octanol–water partition coefficient (Wildman–Crippen LogP) is 2.69. The number of carbonyl (C=O) groups is 2. The fourth-order valence-corrected chi connectivity index (χ4v) is 3.50. The van der Waals surface area contributed by atoms with E-state index in [0.717, 1.165) is 16.8 Å². The molecule has 1 saturated heterocycles. The first-order valence-electron chi connectivity index (χ1n) is 6.18. The van der Waals surface area contributed by atoms with Gasteiger partial charge in [0.05, 0.1) is 15.5 Å². The Morgan fingerprint density at radius 1 is 1.32 bits per heavy atom. The second-order valence-electron chi connectivity index (χ2n) is 4.19. The Morgan fingerprint density at radius 3 is 2.86 bits per heavy atom. The number of thiophene rings is 1. The van der Waals surface area contributed by atoms with Gasteiger partial charge in [-0.25, -0.2) is 0 Å². The van der Waals surface area contributed by atoms with Gasteiger partial charge in [0.2, 0.25) is 0 Å². The molecule has 0 unspecified atom stereocenters. The lowest BCUT2D eigenvalue weighted by molar-refractivity contribution is -0.123. The minimum absolute atomic E-state index is 0.289. The van der Waals surface area contributed by atoms with E-state index in [1.165, 1.54) is 11.3 Å². The summed E-state index contributed by atoms with van der Waals surface area (Å²) in [6.45, 7) is 0. The van der Waals surface area contributed by atoms with Crippen molar-refractivity contribution in [3.05, 3.63) is 57.4 Å². The maximum atomic E-state index is 12.3. The van der Waals surface area contributed by atoms with Gasteiger partial charge in [-0.05, 0) is 41.9 Å². The van der Waals surface area contributed by atoms with E-state index in [4.69, 9.17) is 12.2 Å². The van der Waals surface area contributed by atoms with Crippen LogP contribution in [0.3, 0.4) is 0 Å². The zero-order valence-electron chi connectivity index (χ0n) is 11.1. The van der Waals surface area contributed by atoms with Gasteiger partial charge in [-0.15, -0.1) is 11.3 Å². The summed E-state index contributed by atoms with van der Waals surface area (Å²) in [4.78, 5) is 29.4. The summed E-state index contributed by atoms with van der Waals surface area (Å²) in [5.41, 5.74) is 3.19. The largest absolute Gasteiger partial charge is 0.285 e. The predicted molar refractivity (Wildman–Crippen MR) is 91.0 cm³/mol. The minimum Gasteiger partial charge on any atom is -0.266 e. The second-order valence-corrected chi connectivity index (χ2v) is 6.81. The Kier molecular flexibility index (Phi) is 4.32. The van der Waals surface area contributed by atoms with Crippen molar-refractivity contribution in [3.63, 3.8) is 0 Å². The van der Waals surface area contributed by atoms with Gasteiger partial charge in [0.15, 0.2) is 4.32 Å². The van der Waals surface area contributed by atoms with Crippen LogP contribution in [0.4, 0.5) is 0 Å². The maximum absolute atomic E-state index is 12.3. The van der Waals surface area contributed by atoms with Gasteiger partial charge >= 0.3 is 0 Å². The molecular weight excluding hydrogens is 338 g/mol. The summed E-state index contributed by atoms with van der Waals surface area (Å²) in [7, 11) is 0. The normalized spacial score (nSPS) is 16.4. The van der Waals surface area contributed by atoms with Crippen LogP contribution < -0.4 is 5.43 Å². The molecule has 22 heavy (non-hydrogen) atoms. The zero-order valence-corrected chi connectivity index (χ0v) is 13.5. The molecule has 2 amide bonds. The van der Waals surface area contributed by atoms with Crippen molar-refractivity contribution in [1.82, 2.24) is 15.4 Å². The number of hydrogen-bond donors (Lipinski definition) is 1. The van der Waals surface area contributed by atoms with E-state index in [0.29, 0.717) is 15.5 Å². The molecular formula is C14H9N3O2S3. The fraction of sp³-hybridized carbons (Fsp3) is 0. The quantitative estimate of drug-likeness (QED) is 0.683. The number of carbonyl (C=O) groups excluding carboxylic acids is 2. The molecule has 110 valence electrons. The van der Waals surface area contributed by atoms with Crippen molar-refractivity contribution in [2.75, 3.05) is 0 Å². The molecule has 0 saturated carbocycles. The lowest BCUT2D eigenvalue weighted by Gasteiger charge is -2.14. The summed E-state index contributed by atoms with van der Waals surface area (Å²) in [6.07, 6.45) is 3.29. The molecule has 5 nitrogen and oxygen atoms in total. The molecule has 0 aromatic carbocycles. The van der Waals surface area contributed by atoms with Crippen LogP contribution in [0.2, 0.25) is 0 Å². The lowest BCUT2D eigenvalue weighted by Crippen LogP contribution is -2.44. The molecule has 0 radical (unpaired) electrons. The number of amides is 2. The summed E-state index contributed by atoms with van der Waals surface area (Å²) in [5.74, 6) is -0.712. The fourth-order valence-electron chi connectivity index (χ4n) is 1.72. The molecule has 3 heterocycles. The lowest BCUT2D eigenvalue weighted by atomic mass is 10.3. The van der Waals surface area contributed by atoms with E-state index in [1.807, 2.05) is 6.07 Å². The van der Waals surface area contributed by atoms with Gasteiger partial charge in [-0.2, -0.15) is 5.01 Å². The Bertz CT molecular complexity index is 757. The molecule has 3 rings (SSSR count). The Morgan fingerprint density at radius 2 is 2.18 bits per heavy atom. The number of nitrogens with one attached hydrogen (secondary N) is 1. The van der Waals surface area contributed by atoms with Crippen LogP contribution in [-0.2, 0) is 4.79 Å². The van der Waals surface area contributed by atoms with Crippen LogP contribution in [0.1, 0.15) is 15.4 Å². The van der Waals surface area contributed by atoms with Crippen molar-refractivity contribution in [1.29, 1.82) is 0 Å². The first-order valence-corrected chi connectivity index (χ1v) is 8.29. The van der Waals surface area contributed by atoms with Crippen molar-refractivity contribution < 1.29 is 9.59 Å². The van der Waals surface area contributed by atoms with Crippen LogP contribution in [0, 0.1) is 0 Å². The van der Waals surface area contributed by atoms with Crippen molar-refractivity contribution >= 4 is 57.5 Å². The van der Waals surface area contributed by atoms with Crippen LogP contribution >= 0.6 is 35.3 Å². The van der Waals surface area contributed by atoms with Gasteiger partial charge in [0.1, 0.15) is 0 Å². The second kappa shape index (κ2) is 6.39. The molecule has 0 spiro atoms. The van der Waals surface area contributed by atoms with E-state index in [1.54, 1.807) is 41.9 Å². The average molecular weight is 347 g/mol. The van der Waals surface area contributed by atoms with E-state index < -0.39 is 0 Å². The topological polar surface area (TPSA) is 62.3 Å². The Labute approximate surface area is 140 Å². The molecule has 2 aromatic heterocycles. The van der Waals surface area contributed by atoms with Gasteiger partial charge < -0.3 is 0 Å². The summed E-state index contributed by atoms with van der Waals surface area (Å²) in [5, 5.41) is 2.89. The standard InChI is InChI=1S/C14H9N3O2S3/c18-12(10-5-3-7-21-10)16-17-13(19)11(22-14(17)20)8-9-4-1-2-6-15-9/h1-8H,(H,16,18). The number of thiocarbonyl (C=S) groups is 1. The number of pyridine rings is 1. The molecule has 1 fully saturated rings. The van der Waals surface area contributed by atoms with Gasteiger partial charge in [-0.1, -0.05) is 23.9 Å². The highest BCUT2D eigenvalue weighted by molar-refractivity contribution is 8.26. The number of hydrazine groups is 1. The molecule has 0 atom stereocenters. The Balaban J connectivity index is 1.77. The molecule has 1 N–H and O–H groups in total. The van der Waals surface area contributed by atoms with Crippen LogP contribution in [-0.4, -0.2) is 26.1 Å². The highest BCUT2D eigenvalue weighted by Crippen LogP contribution is 2.31. The monoisotopic (exact) mass is 347 g/mol. The molecule has 1 aliphatic rings. The number of aromatic nitrogens is 1. The highest BCUT2D eigenvalue weighted by Gasteiger charge is 2.33. The van der Waals surface area contributed by atoms with Gasteiger partial charge in [-0.3, -0.25) is 20.0 Å². The number of rotatable bonds is 3. The number of thioether (sulfide) groups is 1. The third-order valence-corrected chi connectivity index (χ3v) is 4.89. The average Bonchev–Trinajstić information content (AvgIpc) is 3.13. The molecule has 2 aromatic rings. The highest BCUT2D eigenvalue weighted by atomic mass is 32.2. The molecule has 8 heteroatoms. The summed E-state index contributed by atoms with van der Waals surface area (Å²) < 4.78 is 0.289. The smallest absolute Gasteiger partial charge is 0.266 e. The summed E-state index contributed by atoms with van der Waals surface area (Å²) >= 11 is 7.58. The summed E-state index contributed by atoms with van der Waals surface area (Å²) in [6, 6.07) is 8.87. The van der Waals surface area contributed by atoms with E-state index in [-0.39, 0.29) is 16.1 Å². The zero-order chi connectivity index (χ0) is 15.5. The SMILES string of the molecule is O=C(NN1C(=O)C(=Cc2ccccn2)SC1=S)c1cccs1. The van der Waals surface area contributed by atoms with Crippen LogP contribution in [0.5, 0.6) is 0 Å². The maximum Gasteiger partial charge on any atom is 0.285 e. The van der Waals surface area contributed by atoms with Crippen molar-refractivity contribution in [3.8, 4) is 0 Å². The van der Waals surface area contributed by atoms with E-state index in [2.05, 4.69) is 10.4 Å².